The van der Waals surface area contributed by atoms with Gasteiger partial charge in [0.2, 0.25) is 0 Å². The summed E-state index contributed by atoms with van der Waals surface area (Å²) < 4.78 is 5.94. The minimum absolute atomic E-state index is 0.344. The third-order valence-corrected chi connectivity index (χ3v) is 4.66. The number of hydrogen-bond acceptors (Lipinski definition) is 1. The summed E-state index contributed by atoms with van der Waals surface area (Å²) in [5.74, 6) is 1.78. The topological polar surface area (TPSA) is 9.23 Å². The quantitative estimate of drug-likeness (QED) is 0.529. The third kappa shape index (κ3) is 2.51. The fraction of sp³-hybridized carbons (Fsp3) is 0.625. The Labute approximate surface area is 114 Å². The Morgan fingerprint density at radius 3 is 2.94 bits per heavy atom. The Bertz CT molecular complexity index is 416. The third-order valence-electron chi connectivity index (χ3n) is 4.26. The van der Waals surface area contributed by atoms with Crippen molar-refractivity contribution in [3.8, 4) is 5.75 Å². The maximum absolute atomic E-state index is 6.41. The Hall–Kier alpha value is -0.690. The number of hydrogen-bond donors (Lipinski definition) is 0. The molecule has 1 aromatic rings. The number of alkyl halides is 1. The van der Waals surface area contributed by atoms with E-state index in [0.717, 1.165) is 19.4 Å². The number of para-hydroxylation sites is 1. The van der Waals surface area contributed by atoms with Crippen LogP contribution in [0.2, 0.25) is 0 Å². The lowest BCUT2D eigenvalue weighted by atomic mass is 9.88. The lowest BCUT2D eigenvalue weighted by Crippen LogP contribution is -2.13. The van der Waals surface area contributed by atoms with Crippen molar-refractivity contribution < 1.29 is 4.74 Å². The highest BCUT2D eigenvalue weighted by Crippen LogP contribution is 2.40. The van der Waals surface area contributed by atoms with E-state index in [1.165, 1.54) is 49.0 Å². The van der Waals surface area contributed by atoms with Crippen molar-refractivity contribution in [2.45, 2.75) is 56.2 Å². The van der Waals surface area contributed by atoms with Crippen LogP contribution < -0.4 is 4.74 Å². The summed E-state index contributed by atoms with van der Waals surface area (Å²) in [6.45, 7) is 0.876. The number of rotatable bonds is 1. The van der Waals surface area contributed by atoms with Crippen LogP contribution in [0.5, 0.6) is 5.75 Å². The first-order valence-electron chi connectivity index (χ1n) is 7.23. The molecule has 0 bridgehead atoms. The van der Waals surface area contributed by atoms with Gasteiger partial charge in [0.05, 0.1) is 6.61 Å². The standard InChI is InChI=1S/C16H21ClO/c17-14-8-2-1-5-13(11-14)15-9-3-6-12-7-4-10-18-16(12)15/h3,6,9,13-14H,1-2,4-5,7-8,10-11H2. The number of halogens is 1. The Morgan fingerprint density at radius 1 is 1.11 bits per heavy atom. The molecular formula is C16H21ClO. The van der Waals surface area contributed by atoms with E-state index in [1.54, 1.807) is 0 Å². The zero-order valence-electron chi connectivity index (χ0n) is 10.8. The van der Waals surface area contributed by atoms with Gasteiger partial charge in [-0.3, -0.25) is 0 Å². The minimum Gasteiger partial charge on any atom is -0.493 e. The summed E-state index contributed by atoms with van der Waals surface area (Å²) >= 11 is 6.41. The van der Waals surface area contributed by atoms with Gasteiger partial charge in [-0.25, -0.2) is 0 Å². The van der Waals surface area contributed by atoms with Crippen LogP contribution in [0.3, 0.4) is 0 Å². The molecule has 0 spiro atoms. The average molecular weight is 265 g/mol. The molecule has 18 heavy (non-hydrogen) atoms. The van der Waals surface area contributed by atoms with Crippen LogP contribution in [0.1, 0.15) is 55.6 Å². The molecule has 1 saturated carbocycles. The molecule has 0 saturated heterocycles. The number of fused-ring (bicyclic) bond motifs is 1. The van der Waals surface area contributed by atoms with E-state index in [9.17, 15) is 0 Å². The average Bonchev–Trinajstić information content (AvgIpc) is 2.63. The van der Waals surface area contributed by atoms with E-state index >= 15 is 0 Å². The first-order chi connectivity index (χ1) is 8.84. The molecule has 0 amide bonds. The Morgan fingerprint density at radius 2 is 2.00 bits per heavy atom. The maximum Gasteiger partial charge on any atom is 0.125 e. The minimum atomic E-state index is 0.344. The summed E-state index contributed by atoms with van der Waals surface area (Å²) in [4.78, 5) is 0. The van der Waals surface area contributed by atoms with Gasteiger partial charge in [0.1, 0.15) is 5.75 Å². The first kappa shape index (κ1) is 12.3. The molecule has 1 nitrogen and oxygen atoms in total. The first-order valence-corrected chi connectivity index (χ1v) is 7.67. The van der Waals surface area contributed by atoms with Gasteiger partial charge in [0.25, 0.3) is 0 Å². The molecule has 0 radical (unpaired) electrons. The van der Waals surface area contributed by atoms with Crippen LogP contribution in [0.15, 0.2) is 18.2 Å². The summed E-state index contributed by atoms with van der Waals surface area (Å²) in [5, 5.41) is 0.344. The molecule has 1 aromatic carbocycles. The van der Waals surface area contributed by atoms with Crippen molar-refractivity contribution in [1.29, 1.82) is 0 Å². The SMILES string of the molecule is ClC1CCCCC(c2cccc3c2OCCC3)C1. The highest BCUT2D eigenvalue weighted by Gasteiger charge is 2.24. The molecule has 3 rings (SSSR count). The van der Waals surface area contributed by atoms with Crippen molar-refractivity contribution in [1.82, 2.24) is 0 Å². The molecule has 2 atom stereocenters. The predicted molar refractivity (Wildman–Crippen MR) is 75.7 cm³/mol. The molecule has 2 aliphatic rings. The summed E-state index contributed by atoms with van der Waals surface area (Å²) in [6, 6.07) is 6.66. The monoisotopic (exact) mass is 264 g/mol. The van der Waals surface area contributed by atoms with Crippen LogP contribution in [-0.2, 0) is 6.42 Å². The second kappa shape index (κ2) is 5.52. The van der Waals surface area contributed by atoms with Crippen LogP contribution >= 0.6 is 11.6 Å². The molecular weight excluding hydrogens is 244 g/mol. The molecule has 1 heterocycles. The van der Waals surface area contributed by atoms with Gasteiger partial charge in [-0.1, -0.05) is 31.0 Å². The molecule has 2 heteroatoms. The van der Waals surface area contributed by atoms with E-state index in [4.69, 9.17) is 16.3 Å². The van der Waals surface area contributed by atoms with Gasteiger partial charge >= 0.3 is 0 Å². The van der Waals surface area contributed by atoms with Gasteiger partial charge in [0, 0.05) is 5.38 Å². The summed E-state index contributed by atoms with van der Waals surface area (Å²) in [7, 11) is 0. The number of benzene rings is 1. The predicted octanol–water partition coefficient (Wildman–Crippen LogP) is 4.67. The molecule has 1 fully saturated rings. The van der Waals surface area contributed by atoms with E-state index in [1.807, 2.05) is 0 Å². The van der Waals surface area contributed by atoms with Crippen molar-refractivity contribution in [3.05, 3.63) is 29.3 Å². The van der Waals surface area contributed by atoms with Crippen molar-refractivity contribution in [3.63, 3.8) is 0 Å². The van der Waals surface area contributed by atoms with Crippen LogP contribution in [0.4, 0.5) is 0 Å². The fourth-order valence-electron chi connectivity index (χ4n) is 3.32. The van der Waals surface area contributed by atoms with Crippen LogP contribution in [0.25, 0.3) is 0 Å². The smallest absolute Gasteiger partial charge is 0.125 e. The normalized spacial score (nSPS) is 28.1. The largest absolute Gasteiger partial charge is 0.493 e. The van der Waals surface area contributed by atoms with Gasteiger partial charge in [-0.15, -0.1) is 11.6 Å². The highest BCUT2D eigenvalue weighted by molar-refractivity contribution is 6.20. The van der Waals surface area contributed by atoms with E-state index in [2.05, 4.69) is 18.2 Å². The van der Waals surface area contributed by atoms with E-state index in [0.29, 0.717) is 11.3 Å². The van der Waals surface area contributed by atoms with Gasteiger partial charge < -0.3 is 4.74 Å². The van der Waals surface area contributed by atoms with E-state index < -0.39 is 0 Å². The highest BCUT2D eigenvalue weighted by atomic mass is 35.5. The zero-order valence-corrected chi connectivity index (χ0v) is 11.6. The Balaban J connectivity index is 1.90. The van der Waals surface area contributed by atoms with Gasteiger partial charge in [0.15, 0.2) is 0 Å². The van der Waals surface area contributed by atoms with Crippen molar-refractivity contribution in [2.24, 2.45) is 0 Å². The fourth-order valence-corrected chi connectivity index (χ4v) is 3.69. The van der Waals surface area contributed by atoms with Crippen LogP contribution in [0, 0.1) is 0 Å². The molecule has 0 N–H and O–H groups in total. The van der Waals surface area contributed by atoms with Crippen LogP contribution in [-0.4, -0.2) is 12.0 Å². The second-order valence-electron chi connectivity index (χ2n) is 5.60. The number of ether oxygens (including phenoxy) is 1. The second-order valence-corrected chi connectivity index (χ2v) is 6.22. The number of aryl methyl sites for hydroxylation is 1. The molecule has 2 unspecified atom stereocenters. The van der Waals surface area contributed by atoms with Crippen molar-refractivity contribution >= 4 is 11.6 Å². The lowest BCUT2D eigenvalue weighted by Gasteiger charge is -2.25. The summed E-state index contributed by atoms with van der Waals surface area (Å²) in [5.41, 5.74) is 2.81. The van der Waals surface area contributed by atoms with Gasteiger partial charge in [-0.05, 0) is 49.1 Å². The van der Waals surface area contributed by atoms with E-state index in [-0.39, 0.29) is 0 Å². The molecule has 98 valence electrons. The maximum atomic E-state index is 6.41. The summed E-state index contributed by atoms with van der Waals surface area (Å²) in [6.07, 6.45) is 8.45. The molecule has 0 aromatic heterocycles. The zero-order chi connectivity index (χ0) is 12.4. The lowest BCUT2D eigenvalue weighted by molar-refractivity contribution is 0.282. The molecule has 1 aliphatic heterocycles. The molecule has 1 aliphatic carbocycles. The van der Waals surface area contributed by atoms with Gasteiger partial charge in [-0.2, -0.15) is 0 Å². The Kier molecular flexibility index (Phi) is 3.79. The van der Waals surface area contributed by atoms with Crippen molar-refractivity contribution in [2.75, 3.05) is 6.61 Å².